The second kappa shape index (κ2) is 7.48. The van der Waals surface area contributed by atoms with Gasteiger partial charge < -0.3 is 19.2 Å². The van der Waals surface area contributed by atoms with Gasteiger partial charge in [0.2, 0.25) is 5.91 Å². The van der Waals surface area contributed by atoms with Crippen molar-refractivity contribution >= 4 is 11.9 Å². The van der Waals surface area contributed by atoms with Crippen LogP contribution in [0.15, 0.2) is 40.8 Å². The molecule has 1 aliphatic rings. The molecule has 0 aliphatic carbocycles. The molecule has 132 valence electrons. The van der Waals surface area contributed by atoms with Crippen molar-refractivity contribution in [2.45, 2.75) is 18.9 Å². The predicted octanol–water partition coefficient (Wildman–Crippen LogP) is 2.33. The van der Waals surface area contributed by atoms with Crippen LogP contribution in [0.1, 0.15) is 12.2 Å². The van der Waals surface area contributed by atoms with Gasteiger partial charge in [0.15, 0.2) is 6.04 Å². The number of furan rings is 1. The van der Waals surface area contributed by atoms with Crippen LogP contribution in [-0.2, 0) is 20.7 Å². The van der Waals surface area contributed by atoms with Crippen LogP contribution >= 0.6 is 0 Å². The highest BCUT2D eigenvalue weighted by molar-refractivity contribution is 5.84. The molecule has 1 fully saturated rings. The second-order valence-electron chi connectivity index (χ2n) is 5.76. The van der Waals surface area contributed by atoms with E-state index in [2.05, 4.69) is 0 Å². The Morgan fingerprint density at radius 2 is 2.04 bits per heavy atom. The zero-order valence-electron chi connectivity index (χ0n) is 13.5. The molecule has 0 radical (unpaired) electrons. The highest BCUT2D eigenvalue weighted by Crippen LogP contribution is 2.25. The molecule has 0 bridgehead atoms. The predicted molar refractivity (Wildman–Crippen MR) is 86.4 cm³/mol. The molecule has 0 unspecified atom stereocenters. The quantitative estimate of drug-likeness (QED) is 0.898. The number of hydrogen-bond acceptors (Lipinski definition) is 4. The summed E-state index contributed by atoms with van der Waals surface area (Å²) >= 11 is 0. The highest BCUT2D eigenvalue weighted by Gasteiger charge is 2.32. The molecule has 1 saturated heterocycles. The monoisotopic (exact) mass is 347 g/mol. The van der Waals surface area contributed by atoms with Gasteiger partial charge in [-0.3, -0.25) is 4.79 Å². The molecule has 3 rings (SSSR count). The molecule has 0 saturated carbocycles. The van der Waals surface area contributed by atoms with Gasteiger partial charge in [-0.25, -0.2) is 9.18 Å². The number of benzene rings is 1. The van der Waals surface area contributed by atoms with Crippen molar-refractivity contribution < 1.29 is 28.2 Å². The van der Waals surface area contributed by atoms with E-state index in [9.17, 15) is 19.1 Å². The van der Waals surface area contributed by atoms with Crippen LogP contribution in [0.25, 0.3) is 11.3 Å². The Morgan fingerprint density at radius 3 is 2.80 bits per heavy atom. The number of carbonyl (C=O) groups is 2. The number of amides is 1. The molecular weight excluding hydrogens is 329 g/mol. The molecule has 7 heteroatoms. The van der Waals surface area contributed by atoms with E-state index < -0.39 is 12.0 Å². The summed E-state index contributed by atoms with van der Waals surface area (Å²) in [5, 5.41) is 9.17. The number of carboxylic acid groups (broad SMARTS) is 1. The topological polar surface area (TPSA) is 80.0 Å². The highest BCUT2D eigenvalue weighted by atomic mass is 19.1. The Balaban J connectivity index is 1.63. The normalized spacial score (nSPS) is 17.5. The van der Waals surface area contributed by atoms with E-state index in [4.69, 9.17) is 9.15 Å². The van der Waals surface area contributed by atoms with Gasteiger partial charge in [-0.15, -0.1) is 0 Å². The van der Waals surface area contributed by atoms with E-state index in [1.807, 2.05) is 0 Å². The Morgan fingerprint density at radius 1 is 1.24 bits per heavy atom. The first-order valence-electron chi connectivity index (χ1n) is 8.00. The summed E-state index contributed by atoms with van der Waals surface area (Å²) in [6, 6.07) is 8.69. The van der Waals surface area contributed by atoms with E-state index in [0.29, 0.717) is 30.1 Å². The van der Waals surface area contributed by atoms with Gasteiger partial charge in [0, 0.05) is 19.4 Å². The van der Waals surface area contributed by atoms with Crippen molar-refractivity contribution in [3.05, 3.63) is 48.0 Å². The molecule has 0 spiro atoms. The third-order valence-corrected chi connectivity index (χ3v) is 4.12. The SMILES string of the molecule is O=C(O)[C@H]1COCCN1C(=O)CCc1ccc(-c2ccccc2F)o1. The molecular formula is C18H18FNO5. The third kappa shape index (κ3) is 3.88. The second-order valence-corrected chi connectivity index (χ2v) is 5.76. The van der Waals surface area contributed by atoms with Crippen LogP contribution in [0.5, 0.6) is 0 Å². The summed E-state index contributed by atoms with van der Waals surface area (Å²) < 4.78 is 24.5. The van der Waals surface area contributed by atoms with Crippen molar-refractivity contribution in [1.29, 1.82) is 0 Å². The molecule has 1 aliphatic heterocycles. The summed E-state index contributed by atoms with van der Waals surface area (Å²) in [5.41, 5.74) is 0.360. The first-order chi connectivity index (χ1) is 12.1. The van der Waals surface area contributed by atoms with Crippen molar-refractivity contribution in [3.63, 3.8) is 0 Å². The number of aliphatic carboxylic acids is 1. The van der Waals surface area contributed by atoms with Crippen LogP contribution < -0.4 is 0 Å². The largest absolute Gasteiger partial charge is 0.480 e. The van der Waals surface area contributed by atoms with Crippen molar-refractivity contribution in [2.24, 2.45) is 0 Å². The van der Waals surface area contributed by atoms with Crippen LogP contribution in [0.3, 0.4) is 0 Å². The lowest BCUT2D eigenvalue weighted by molar-refractivity contribution is -0.158. The summed E-state index contributed by atoms with van der Waals surface area (Å²) in [6.45, 7) is 0.585. The van der Waals surface area contributed by atoms with Gasteiger partial charge in [0.25, 0.3) is 0 Å². The Labute approximate surface area is 143 Å². The fraction of sp³-hybridized carbons (Fsp3) is 0.333. The summed E-state index contributed by atoms with van der Waals surface area (Å²) in [5.74, 6) is -0.772. The number of halogens is 1. The van der Waals surface area contributed by atoms with Gasteiger partial charge in [-0.2, -0.15) is 0 Å². The van der Waals surface area contributed by atoms with Crippen LogP contribution in [0.4, 0.5) is 4.39 Å². The Bertz CT molecular complexity index is 772. The van der Waals surface area contributed by atoms with E-state index in [1.54, 1.807) is 30.3 Å². The summed E-state index contributed by atoms with van der Waals surface area (Å²) in [7, 11) is 0. The van der Waals surface area contributed by atoms with Crippen LogP contribution in [0, 0.1) is 5.82 Å². The fourth-order valence-electron chi connectivity index (χ4n) is 2.80. The minimum absolute atomic E-state index is 0.000737. The van der Waals surface area contributed by atoms with Crippen LogP contribution in [-0.4, -0.2) is 47.7 Å². The first-order valence-corrected chi connectivity index (χ1v) is 8.00. The van der Waals surface area contributed by atoms with Gasteiger partial charge in [-0.05, 0) is 24.3 Å². The minimum atomic E-state index is -1.08. The van der Waals surface area contributed by atoms with Gasteiger partial charge >= 0.3 is 5.97 Å². The maximum Gasteiger partial charge on any atom is 0.328 e. The number of carbonyl (C=O) groups excluding carboxylic acids is 1. The van der Waals surface area contributed by atoms with Crippen molar-refractivity contribution in [1.82, 2.24) is 4.90 Å². The summed E-state index contributed by atoms with van der Waals surface area (Å²) in [6.07, 6.45) is 0.436. The molecule has 25 heavy (non-hydrogen) atoms. The standard InChI is InChI=1S/C18H18FNO5/c19-14-4-2-1-3-13(14)16-7-5-12(25-16)6-8-17(21)20-9-10-24-11-15(20)18(22)23/h1-5,7,15H,6,8-11H2,(H,22,23)/t15-/m1/s1. The van der Waals surface area contributed by atoms with E-state index in [1.165, 1.54) is 11.0 Å². The number of carboxylic acids is 1. The van der Waals surface area contributed by atoms with Gasteiger partial charge in [-0.1, -0.05) is 12.1 Å². The Hall–Kier alpha value is -2.67. The lowest BCUT2D eigenvalue weighted by Crippen LogP contribution is -2.52. The average Bonchev–Trinajstić information content (AvgIpc) is 3.08. The van der Waals surface area contributed by atoms with Crippen molar-refractivity contribution in [2.75, 3.05) is 19.8 Å². The summed E-state index contributed by atoms with van der Waals surface area (Å²) in [4.78, 5) is 24.9. The molecule has 1 aromatic heterocycles. The number of nitrogens with zero attached hydrogens (tertiary/aromatic N) is 1. The lowest BCUT2D eigenvalue weighted by atomic mass is 10.1. The molecule has 1 N–H and O–H groups in total. The average molecular weight is 347 g/mol. The van der Waals surface area contributed by atoms with Crippen LogP contribution in [0.2, 0.25) is 0 Å². The Kier molecular flexibility index (Phi) is 5.14. The van der Waals surface area contributed by atoms with Crippen molar-refractivity contribution in [3.8, 4) is 11.3 Å². The number of morpholine rings is 1. The zero-order chi connectivity index (χ0) is 17.8. The fourth-order valence-corrected chi connectivity index (χ4v) is 2.80. The number of rotatable bonds is 5. The smallest absolute Gasteiger partial charge is 0.328 e. The molecule has 1 amide bonds. The third-order valence-electron chi connectivity index (χ3n) is 4.12. The maximum absolute atomic E-state index is 13.8. The van der Waals surface area contributed by atoms with E-state index >= 15 is 0 Å². The lowest BCUT2D eigenvalue weighted by Gasteiger charge is -2.32. The molecule has 1 aromatic carbocycles. The van der Waals surface area contributed by atoms with E-state index in [0.717, 1.165) is 0 Å². The van der Waals surface area contributed by atoms with Gasteiger partial charge in [0.05, 0.1) is 18.8 Å². The molecule has 1 atom stereocenters. The van der Waals surface area contributed by atoms with E-state index in [-0.39, 0.29) is 31.3 Å². The first kappa shape index (κ1) is 17.2. The number of aryl methyl sites for hydroxylation is 1. The maximum atomic E-state index is 13.8. The number of hydrogen-bond donors (Lipinski definition) is 1. The minimum Gasteiger partial charge on any atom is -0.480 e. The number of ether oxygens (including phenoxy) is 1. The van der Waals surface area contributed by atoms with Gasteiger partial charge in [0.1, 0.15) is 17.3 Å². The molecule has 2 heterocycles. The molecule has 2 aromatic rings. The molecule has 6 nitrogen and oxygen atoms in total. The zero-order valence-corrected chi connectivity index (χ0v) is 13.5.